The first-order valence-electron chi connectivity index (χ1n) is 38.3. The Balaban J connectivity index is 0.000000318. The van der Waals surface area contributed by atoms with Crippen LogP contribution in [0.25, 0.3) is 0 Å². The Labute approximate surface area is 700 Å². The zero-order valence-corrected chi connectivity index (χ0v) is 73.9. The average Bonchev–Trinajstić information content (AvgIpc) is 1.58. The number of esters is 2. The fourth-order valence-electron chi connectivity index (χ4n) is 14.2. The van der Waals surface area contributed by atoms with E-state index in [0.29, 0.717) is 60.1 Å². The van der Waals surface area contributed by atoms with Gasteiger partial charge in [0, 0.05) is 115 Å². The number of amides is 6. The molecule has 6 heterocycles. The smallest absolute Gasteiger partial charge is 0.409 e. The first-order valence-corrected chi connectivity index (χ1v) is 43.9. The van der Waals surface area contributed by atoms with Gasteiger partial charge in [0.2, 0.25) is 23.6 Å². The summed E-state index contributed by atoms with van der Waals surface area (Å²) in [6, 6.07) is 5.16. The number of benzene rings is 2. The van der Waals surface area contributed by atoms with Gasteiger partial charge < -0.3 is 86.8 Å². The minimum absolute atomic E-state index is 0.0587. The SMILES string of the molecule is COc1cc2cc(c1Cl)N(C)C(=O)C[C@H](OC(=O)[C@H](C)N(C)C(=O)CCSSC(C)CCC(C)=O)[C@@]1(C)O[C@H]1[C@H](C)[C@@H]1C[C@@](O)(NC(=O)O1)[C@H](OC)/C=C/C=C(\C)C2.COc1cc2cc(c1Cl)N(C)C(=O)C[C@H](OC(=O)[C@H](C)N(C)C(=O)CCSSCCCC(C)=O)[C@@]1(C)O[C@H]1[C@H](C)[C@@H]1C[C@@](O)(NC(=O)O1)[C@H](OC)/C=C/C=C(\C)C2. The standard InChI is InChI=1S/C41H58ClN3O11S2.C40H56ClN3O11S2/c1-23-12-11-13-32(53-10)41(51)22-31(54-39(50)43-41)26(4)37-40(6,56-37)33(21-35(48)45(8)29-19-28(18-23)20-30(52-9)36(29)42)55-38(49)27(5)44(7)34(47)16-17-57-58-25(3)15-14-24(2)46;1-23-12-10-14-31(52-9)40(50)22-30(53-38(49)42-40)25(3)36-39(5,55-36)32(21-34(47)44(7)28-19-27(18-23)20-29(51-8)35(28)41)54-37(48)26(4)43(6)33(46)15-17-57-56-16-11-13-24(2)45/h11-13,19-20,25-27,31-33,37,51H,14-18,21-22H2,1-10H3,(H,43,50);10,12,14,19-20,25-26,30-32,36,50H,11,13,15-18,21-22H2,1-9H3,(H,42,49)/b13-11+,23-12+;14-10+,23-12+/t25?,26-,27+,31+,32-,33+,37+,40-,41+;25-,26+,30+,31-,32+,36+,39-,40+/m11/s1. The lowest BCUT2D eigenvalue weighted by molar-refractivity contribution is -0.162. The third kappa shape index (κ3) is 25.3. The number of likely N-dealkylation sites (N-methyl/N-ethyl adjacent to an activating group) is 2. The predicted octanol–water partition coefficient (Wildman–Crippen LogP) is 11.7. The number of aliphatic hydroxyl groups is 2. The van der Waals surface area contributed by atoms with E-state index in [4.69, 9.17) is 70.6 Å². The zero-order chi connectivity index (χ0) is 85.4. The number of anilines is 2. The molecule has 6 aliphatic heterocycles. The van der Waals surface area contributed by atoms with E-state index >= 15 is 0 Å². The van der Waals surface area contributed by atoms with Crippen LogP contribution in [0.3, 0.4) is 0 Å². The number of methoxy groups -OCH3 is 4. The molecular formula is C81H114Cl2N6O22S4. The molecule has 8 bridgehead atoms. The Morgan fingerprint density at radius 1 is 0.609 bits per heavy atom. The summed E-state index contributed by atoms with van der Waals surface area (Å²) < 4.78 is 58.6. The Morgan fingerprint density at radius 2 is 1.00 bits per heavy atom. The number of carbonyl (C=O) groups is 10. The van der Waals surface area contributed by atoms with Gasteiger partial charge in [0.05, 0.1) is 50.6 Å². The number of rotatable bonds is 26. The molecule has 0 saturated carbocycles. The molecule has 638 valence electrons. The number of ketones is 2. The van der Waals surface area contributed by atoms with Crippen LogP contribution >= 0.6 is 66.4 Å². The summed E-state index contributed by atoms with van der Waals surface area (Å²) in [6.45, 7) is 19.2. The number of Topliss-reactive ketones (excluding diaryl/α,β-unsaturated/α-hetero) is 2. The molecular weight excluding hydrogens is 1610 g/mol. The van der Waals surface area contributed by atoms with Gasteiger partial charge in [0.1, 0.15) is 93.0 Å². The lowest BCUT2D eigenvalue weighted by atomic mass is 9.83. The molecule has 0 radical (unpaired) electrons. The molecule has 2 aromatic rings. The number of ether oxygens (including phenoxy) is 10. The van der Waals surface area contributed by atoms with E-state index < -0.39 is 131 Å². The Kier molecular flexibility index (Phi) is 35.2. The van der Waals surface area contributed by atoms with Crippen LogP contribution in [0.2, 0.25) is 10.0 Å². The number of alkyl carbamates (subject to hydrolysis) is 2. The minimum atomic E-state index is -1.84. The molecule has 28 nitrogen and oxygen atoms in total. The van der Waals surface area contributed by atoms with Crippen LogP contribution in [0.4, 0.5) is 21.0 Å². The van der Waals surface area contributed by atoms with Gasteiger partial charge in [-0.25, -0.2) is 19.2 Å². The van der Waals surface area contributed by atoms with E-state index in [1.54, 1.807) is 140 Å². The van der Waals surface area contributed by atoms with Crippen LogP contribution in [0.1, 0.15) is 151 Å². The number of epoxide rings is 2. The molecule has 6 aliphatic rings. The molecule has 1 unspecified atom stereocenters. The summed E-state index contributed by atoms with van der Waals surface area (Å²) in [6.07, 6.45) is 4.62. The second-order valence-electron chi connectivity index (χ2n) is 30.7. The van der Waals surface area contributed by atoms with Crippen LogP contribution in [0.15, 0.2) is 71.9 Å². The highest BCUT2D eigenvalue weighted by Crippen LogP contribution is 2.52. The molecule has 17 atom stereocenters. The van der Waals surface area contributed by atoms with Crippen LogP contribution in [0, 0.1) is 11.8 Å². The number of nitrogens with one attached hydrogen (secondary N) is 2. The van der Waals surface area contributed by atoms with Gasteiger partial charge in [-0.05, 0) is 116 Å². The summed E-state index contributed by atoms with van der Waals surface area (Å²) in [5.41, 5.74) is -1.92. The maximum Gasteiger partial charge on any atom is 0.409 e. The van der Waals surface area contributed by atoms with Crippen molar-refractivity contribution in [3.63, 3.8) is 0 Å². The monoisotopic (exact) mass is 1720 g/mol. The van der Waals surface area contributed by atoms with Gasteiger partial charge in [-0.15, -0.1) is 0 Å². The van der Waals surface area contributed by atoms with Crippen LogP contribution in [0.5, 0.6) is 11.5 Å². The first kappa shape index (κ1) is 95.6. The van der Waals surface area contributed by atoms with Crippen molar-refractivity contribution in [2.45, 2.75) is 242 Å². The Morgan fingerprint density at radius 3 is 1.38 bits per heavy atom. The topological polar surface area (TPSA) is 347 Å². The largest absolute Gasteiger partial charge is 0.495 e. The third-order valence-corrected chi connectivity index (χ3v) is 28.0. The number of allylic oxidation sites excluding steroid dienone is 6. The van der Waals surface area contributed by atoms with Crippen molar-refractivity contribution in [3.8, 4) is 11.5 Å². The van der Waals surface area contributed by atoms with Crippen molar-refractivity contribution < 1.29 is 106 Å². The number of nitrogens with zero attached hydrogens (tertiary/aromatic N) is 4. The quantitative estimate of drug-likeness (QED) is 0.0223. The van der Waals surface area contributed by atoms with E-state index in [9.17, 15) is 58.2 Å². The normalized spacial score (nSPS) is 29.9. The highest BCUT2D eigenvalue weighted by molar-refractivity contribution is 8.77. The molecule has 2 aromatic carbocycles. The van der Waals surface area contributed by atoms with Gasteiger partial charge in [0.15, 0.2) is 11.4 Å². The molecule has 8 rings (SSSR count). The van der Waals surface area contributed by atoms with Gasteiger partial charge in [-0.1, -0.05) is 135 Å². The fraction of sp³-hybridized carbons (Fsp3) is 0.630. The molecule has 0 aromatic heterocycles. The van der Waals surface area contributed by atoms with Gasteiger partial charge in [-0.2, -0.15) is 0 Å². The second-order valence-corrected chi connectivity index (χ2v) is 37.1. The van der Waals surface area contributed by atoms with Crippen LogP contribution in [-0.4, -0.2) is 242 Å². The van der Waals surface area contributed by atoms with Crippen molar-refractivity contribution >= 4 is 137 Å². The summed E-state index contributed by atoms with van der Waals surface area (Å²) in [4.78, 5) is 136. The Bertz CT molecular complexity index is 3990. The number of carbonyl (C=O) groups excluding carboxylic acids is 10. The zero-order valence-electron chi connectivity index (χ0n) is 69.1. The van der Waals surface area contributed by atoms with Crippen LogP contribution < -0.4 is 29.9 Å². The van der Waals surface area contributed by atoms with E-state index in [0.717, 1.165) is 40.9 Å². The summed E-state index contributed by atoms with van der Waals surface area (Å²) in [5, 5.41) is 29.2. The van der Waals surface area contributed by atoms with E-state index in [2.05, 4.69) is 10.6 Å². The predicted molar refractivity (Wildman–Crippen MR) is 445 cm³/mol. The summed E-state index contributed by atoms with van der Waals surface area (Å²) in [5.74, 6) is -1.11. The number of halogens is 2. The first-order chi connectivity index (χ1) is 54.1. The summed E-state index contributed by atoms with van der Waals surface area (Å²) >= 11 is 13.6. The molecule has 6 amide bonds. The van der Waals surface area contributed by atoms with Crippen LogP contribution in [-0.2, 0) is 89.1 Å². The molecule has 115 heavy (non-hydrogen) atoms. The van der Waals surface area contributed by atoms with Crippen molar-refractivity contribution in [1.29, 1.82) is 0 Å². The molecule has 4 fully saturated rings. The Hall–Kier alpha value is -6.56. The van der Waals surface area contributed by atoms with Crippen molar-refractivity contribution in [1.82, 2.24) is 20.4 Å². The van der Waals surface area contributed by atoms with Crippen molar-refractivity contribution in [3.05, 3.63) is 93.0 Å². The molecule has 4 saturated heterocycles. The highest BCUT2D eigenvalue weighted by atomic mass is 35.5. The maximum absolute atomic E-state index is 14.2. The molecule has 0 aliphatic carbocycles. The minimum Gasteiger partial charge on any atom is -0.495 e. The average molecular weight is 1720 g/mol. The lowest BCUT2D eigenvalue weighted by Gasteiger charge is -2.42. The van der Waals surface area contributed by atoms with E-state index in [1.165, 1.54) is 83.7 Å². The highest BCUT2D eigenvalue weighted by Gasteiger charge is 2.66. The van der Waals surface area contributed by atoms with Crippen molar-refractivity contribution in [2.24, 2.45) is 11.8 Å². The second kappa shape index (κ2) is 42.4. The van der Waals surface area contributed by atoms with Gasteiger partial charge in [0.25, 0.3) is 0 Å². The number of fused-ring (bicyclic) bond motifs is 10. The number of hydrogen-bond acceptors (Lipinski definition) is 26. The maximum atomic E-state index is 14.2. The van der Waals surface area contributed by atoms with Gasteiger partial charge >= 0.3 is 24.1 Å². The van der Waals surface area contributed by atoms with Crippen molar-refractivity contribution in [2.75, 3.05) is 83.7 Å². The summed E-state index contributed by atoms with van der Waals surface area (Å²) in [7, 11) is 18.3. The number of hydrogen-bond donors (Lipinski definition) is 4. The fourth-order valence-corrected chi connectivity index (χ4v) is 19.2. The molecule has 34 heteroatoms. The molecule has 0 spiro atoms. The van der Waals surface area contributed by atoms with E-state index in [-0.39, 0.29) is 77.2 Å². The van der Waals surface area contributed by atoms with Gasteiger partial charge in [-0.3, -0.25) is 29.8 Å². The third-order valence-electron chi connectivity index (χ3n) is 21.8. The lowest BCUT2D eigenvalue weighted by Crippen LogP contribution is -2.63. The molecule has 4 N–H and O–H groups in total. The van der Waals surface area contributed by atoms with E-state index in [1.807, 2.05) is 32.9 Å².